The lowest BCUT2D eigenvalue weighted by Crippen LogP contribution is -2.37. The molecule has 3 amide bonds. The van der Waals surface area contributed by atoms with Gasteiger partial charge in [-0.15, -0.1) is 0 Å². The van der Waals surface area contributed by atoms with Crippen molar-refractivity contribution in [1.82, 2.24) is 14.7 Å². The van der Waals surface area contributed by atoms with Gasteiger partial charge in [0.05, 0.1) is 33.2 Å². The molecule has 134 valence electrons. The number of para-hydroxylation sites is 2. The molecule has 2 heterocycles. The molecule has 0 saturated carbocycles. The molecule has 0 radical (unpaired) electrons. The largest absolute Gasteiger partial charge is 0.323 e. The van der Waals surface area contributed by atoms with E-state index in [-0.39, 0.29) is 6.54 Å². The van der Waals surface area contributed by atoms with E-state index in [2.05, 4.69) is 26.3 Å². The van der Waals surface area contributed by atoms with Gasteiger partial charge in [0.15, 0.2) is 0 Å². The average molecular weight is 425 g/mol. The highest BCUT2D eigenvalue weighted by molar-refractivity contribution is 9.10. The lowest BCUT2D eigenvalue weighted by molar-refractivity contribution is -0.116. The van der Waals surface area contributed by atoms with E-state index in [9.17, 15) is 14.4 Å². The number of nitrogens with zero attached hydrogens (tertiary/aromatic N) is 3. The molecule has 8 heteroatoms. The maximum Gasteiger partial charge on any atom is 0.262 e. The van der Waals surface area contributed by atoms with Crippen molar-refractivity contribution in [1.29, 1.82) is 0 Å². The molecule has 0 bridgehead atoms. The molecule has 1 aromatic heterocycles. The van der Waals surface area contributed by atoms with Crippen LogP contribution in [0, 0.1) is 0 Å². The summed E-state index contributed by atoms with van der Waals surface area (Å²) in [6.45, 7) is -0.358. The average Bonchev–Trinajstić information content (AvgIpc) is 3.20. The summed E-state index contributed by atoms with van der Waals surface area (Å²) >= 11 is 3.34. The lowest BCUT2D eigenvalue weighted by atomic mass is 10.1. The van der Waals surface area contributed by atoms with E-state index in [4.69, 9.17) is 0 Å². The van der Waals surface area contributed by atoms with Gasteiger partial charge in [-0.1, -0.05) is 24.3 Å². The summed E-state index contributed by atoms with van der Waals surface area (Å²) in [6, 6.07) is 13.7. The van der Waals surface area contributed by atoms with Crippen LogP contribution in [-0.4, -0.2) is 38.9 Å². The standard InChI is InChI=1S/C19H13BrN4O3/c20-12-9-21-24(10-12)16-8-4-3-7-15(16)22-17(25)11-23-18(26)13-5-1-2-6-14(13)19(23)27/h1-10H,11H2,(H,22,25). The minimum atomic E-state index is -0.469. The van der Waals surface area contributed by atoms with E-state index in [0.29, 0.717) is 22.5 Å². The van der Waals surface area contributed by atoms with Crippen molar-refractivity contribution in [2.75, 3.05) is 11.9 Å². The molecular formula is C19H13BrN4O3. The third-order valence-electron chi connectivity index (χ3n) is 4.16. The van der Waals surface area contributed by atoms with Crippen LogP contribution in [0.25, 0.3) is 5.69 Å². The van der Waals surface area contributed by atoms with Crippen LogP contribution in [0.15, 0.2) is 65.4 Å². The Balaban J connectivity index is 1.53. The van der Waals surface area contributed by atoms with Gasteiger partial charge in [-0.3, -0.25) is 19.3 Å². The summed E-state index contributed by atoms with van der Waals surface area (Å²) in [5.74, 6) is -1.40. The number of hydrogen-bond donors (Lipinski definition) is 1. The molecule has 27 heavy (non-hydrogen) atoms. The fourth-order valence-corrected chi connectivity index (χ4v) is 3.21. The van der Waals surface area contributed by atoms with Crippen LogP contribution in [0.5, 0.6) is 0 Å². The second-order valence-electron chi connectivity index (χ2n) is 5.91. The van der Waals surface area contributed by atoms with Gasteiger partial charge in [-0.2, -0.15) is 5.10 Å². The minimum absolute atomic E-state index is 0.317. The maximum absolute atomic E-state index is 12.5. The third-order valence-corrected chi connectivity index (χ3v) is 4.57. The van der Waals surface area contributed by atoms with Gasteiger partial charge in [-0.25, -0.2) is 4.68 Å². The monoisotopic (exact) mass is 424 g/mol. The van der Waals surface area contributed by atoms with Gasteiger partial charge < -0.3 is 5.32 Å². The van der Waals surface area contributed by atoms with Gasteiger partial charge in [0.1, 0.15) is 6.54 Å². The molecule has 3 aromatic rings. The summed E-state index contributed by atoms with van der Waals surface area (Å²) in [5.41, 5.74) is 1.82. The normalized spacial score (nSPS) is 13.0. The number of rotatable bonds is 4. The first-order valence-corrected chi connectivity index (χ1v) is 8.88. The molecule has 0 fully saturated rings. The van der Waals surface area contributed by atoms with Crippen LogP contribution in [0.4, 0.5) is 5.69 Å². The Morgan fingerprint density at radius 1 is 1.00 bits per heavy atom. The predicted octanol–water partition coefficient (Wildman–Crippen LogP) is 2.87. The quantitative estimate of drug-likeness (QED) is 0.652. The summed E-state index contributed by atoms with van der Waals surface area (Å²) in [6.07, 6.45) is 3.40. The molecular weight excluding hydrogens is 412 g/mol. The zero-order chi connectivity index (χ0) is 19.0. The fourth-order valence-electron chi connectivity index (χ4n) is 2.93. The van der Waals surface area contributed by atoms with Crippen LogP contribution in [0.3, 0.4) is 0 Å². The van der Waals surface area contributed by atoms with E-state index in [1.807, 2.05) is 6.07 Å². The molecule has 0 spiro atoms. The highest BCUT2D eigenvalue weighted by atomic mass is 79.9. The van der Waals surface area contributed by atoms with Gasteiger partial charge in [0.25, 0.3) is 11.8 Å². The fraction of sp³-hybridized carbons (Fsp3) is 0.0526. The number of nitrogens with one attached hydrogen (secondary N) is 1. The molecule has 0 saturated heterocycles. The Morgan fingerprint density at radius 2 is 1.63 bits per heavy atom. The van der Waals surface area contributed by atoms with E-state index in [1.165, 1.54) is 0 Å². The SMILES string of the molecule is O=C(CN1C(=O)c2ccccc2C1=O)Nc1ccccc1-n1cc(Br)cn1. The van der Waals surface area contributed by atoms with Crippen molar-refractivity contribution < 1.29 is 14.4 Å². The van der Waals surface area contributed by atoms with Crippen molar-refractivity contribution in [3.8, 4) is 5.69 Å². The molecule has 0 unspecified atom stereocenters. The molecule has 1 N–H and O–H groups in total. The summed E-state index contributed by atoms with van der Waals surface area (Å²) in [7, 11) is 0. The van der Waals surface area contributed by atoms with Crippen molar-refractivity contribution in [3.63, 3.8) is 0 Å². The molecule has 2 aromatic carbocycles. The third kappa shape index (κ3) is 3.15. The topological polar surface area (TPSA) is 84.3 Å². The van der Waals surface area contributed by atoms with Crippen molar-refractivity contribution in [3.05, 3.63) is 76.5 Å². The molecule has 0 atom stereocenters. The van der Waals surface area contributed by atoms with Crippen molar-refractivity contribution in [2.45, 2.75) is 0 Å². The Morgan fingerprint density at radius 3 is 2.26 bits per heavy atom. The Kier molecular flexibility index (Phi) is 4.33. The number of anilines is 1. The van der Waals surface area contributed by atoms with Crippen LogP contribution in [0.2, 0.25) is 0 Å². The molecule has 1 aliphatic rings. The Labute approximate surface area is 162 Å². The number of imide groups is 1. The first kappa shape index (κ1) is 17.2. The number of benzene rings is 2. The van der Waals surface area contributed by atoms with E-state index >= 15 is 0 Å². The van der Waals surface area contributed by atoms with E-state index in [1.54, 1.807) is 59.5 Å². The first-order chi connectivity index (χ1) is 13.0. The van der Waals surface area contributed by atoms with Gasteiger partial charge in [0, 0.05) is 6.20 Å². The number of aromatic nitrogens is 2. The zero-order valence-electron chi connectivity index (χ0n) is 13.9. The number of carbonyl (C=O) groups is 3. The smallest absolute Gasteiger partial charge is 0.262 e. The number of carbonyl (C=O) groups excluding carboxylic acids is 3. The van der Waals surface area contributed by atoms with Gasteiger partial charge in [-0.05, 0) is 40.2 Å². The van der Waals surface area contributed by atoms with Crippen LogP contribution < -0.4 is 5.32 Å². The second kappa shape index (κ2) is 6.81. The minimum Gasteiger partial charge on any atom is -0.323 e. The number of hydrogen-bond acceptors (Lipinski definition) is 4. The Hall–Kier alpha value is -3.26. The lowest BCUT2D eigenvalue weighted by Gasteiger charge is -2.15. The number of halogens is 1. The second-order valence-corrected chi connectivity index (χ2v) is 6.83. The molecule has 7 nitrogen and oxygen atoms in total. The molecule has 1 aliphatic heterocycles. The molecule has 0 aliphatic carbocycles. The van der Waals surface area contributed by atoms with Crippen LogP contribution in [-0.2, 0) is 4.79 Å². The highest BCUT2D eigenvalue weighted by Gasteiger charge is 2.36. The van der Waals surface area contributed by atoms with Crippen molar-refractivity contribution in [2.24, 2.45) is 0 Å². The van der Waals surface area contributed by atoms with Gasteiger partial charge >= 0.3 is 0 Å². The van der Waals surface area contributed by atoms with Gasteiger partial charge in [0.2, 0.25) is 5.91 Å². The Bertz CT molecular complexity index is 1040. The first-order valence-electron chi connectivity index (χ1n) is 8.09. The maximum atomic E-state index is 12.5. The summed E-state index contributed by atoms with van der Waals surface area (Å²) in [5, 5.41) is 6.96. The van der Waals surface area contributed by atoms with Crippen LogP contribution in [0.1, 0.15) is 20.7 Å². The molecule has 4 rings (SSSR count). The van der Waals surface area contributed by atoms with Crippen molar-refractivity contribution >= 4 is 39.3 Å². The van der Waals surface area contributed by atoms with Crippen LogP contribution >= 0.6 is 15.9 Å². The number of fused-ring (bicyclic) bond motifs is 1. The number of amides is 3. The van der Waals surface area contributed by atoms with E-state index in [0.717, 1.165) is 9.37 Å². The van der Waals surface area contributed by atoms with E-state index < -0.39 is 17.7 Å². The highest BCUT2D eigenvalue weighted by Crippen LogP contribution is 2.24. The predicted molar refractivity (Wildman–Crippen MR) is 102 cm³/mol. The summed E-state index contributed by atoms with van der Waals surface area (Å²) in [4.78, 5) is 38.2. The zero-order valence-corrected chi connectivity index (χ0v) is 15.5. The summed E-state index contributed by atoms with van der Waals surface area (Å²) < 4.78 is 2.41.